The molecule has 0 atom stereocenters. The smallest absolute Gasteiger partial charge is 0.146 e. The summed E-state index contributed by atoms with van der Waals surface area (Å²) in [6.45, 7) is 2.32. The summed E-state index contributed by atoms with van der Waals surface area (Å²) in [4.78, 5) is 0. The van der Waals surface area contributed by atoms with Crippen LogP contribution < -0.4 is 4.74 Å². The Balaban J connectivity index is 1.96. The van der Waals surface area contributed by atoms with Crippen molar-refractivity contribution in [2.75, 3.05) is 0 Å². The van der Waals surface area contributed by atoms with Gasteiger partial charge in [0.2, 0.25) is 0 Å². The molecule has 1 N–H and O–H groups in total. The van der Waals surface area contributed by atoms with Gasteiger partial charge in [0.1, 0.15) is 30.5 Å². The van der Waals surface area contributed by atoms with Crippen molar-refractivity contribution in [3.8, 4) is 5.75 Å². The molecule has 0 amide bonds. The van der Waals surface area contributed by atoms with Crippen LogP contribution in [-0.2, 0) is 13.2 Å². The summed E-state index contributed by atoms with van der Waals surface area (Å²) < 4.78 is 10.9. The van der Waals surface area contributed by atoms with Crippen LogP contribution in [-0.4, -0.2) is 5.11 Å². The van der Waals surface area contributed by atoms with Crippen molar-refractivity contribution >= 4 is 0 Å². The third-order valence-corrected chi connectivity index (χ3v) is 2.24. The van der Waals surface area contributed by atoms with Crippen molar-refractivity contribution in [3.05, 3.63) is 53.5 Å². The molecule has 1 aromatic heterocycles. The number of benzene rings is 1. The first-order valence-electron chi connectivity index (χ1n) is 5.16. The van der Waals surface area contributed by atoms with E-state index in [0.717, 1.165) is 11.3 Å². The molecular weight excluding hydrogens is 204 g/mol. The molecule has 84 valence electrons. The molecule has 1 aromatic carbocycles. The Kier molecular flexibility index (Phi) is 3.27. The molecule has 0 fully saturated rings. The minimum atomic E-state index is -0.0789. The largest absolute Gasteiger partial charge is 0.486 e. The van der Waals surface area contributed by atoms with E-state index < -0.39 is 0 Å². The average molecular weight is 218 g/mol. The van der Waals surface area contributed by atoms with Crippen molar-refractivity contribution in [2.24, 2.45) is 0 Å². The molecule has 0 aliphatic heterocycles. The molecular formula is C13H14O3. The second kappa shape index (κ2) is 4.86. The topological polar surface area (TPSA) is 42.6 Å². The van der Waals surface area contributed by atoms with Gasteiger partial charge in [0.05, 0.1) is 0 Å². The van der Waals surface area contributed by atoms with Crippen LogP contribution in [0, 0.1) is 6.92 Å². The van der Waals surface area contributed by atoms with E-state index in [0.29, 0.717) is 18.1 Å². The fraction of sp³-hybridized carbons (Fsp3) is 0.231. The SMILES string of the molecule is Cc1cccc(OCc2ccc(CO)o2)c1. The van der Waals surface area contributed by atoms with Gasteiger partial charge in [0.15, 0.2) is 0 Å². The standard InChI is InChI=1S/C13H14O3/c1-10-3-2-4-11(7-10)15-9-13-6-5-12(8-14)16-13/h2-7,14H,8-9H2,1H3. The Morgan fingerprint density at radius 1 is 1.19 bits per heavy atom. The Hall–Kier alpha value is -1.74. The van der Waals surface area contributed by atoms with E-state index >= 15 is 0 Å². The van der Waals surface area contributed by atoms with E-state index in [2.05, 4.69) is 0 Å². The van der Waals surface area contributed by atoms with Gasteiger partial charge in [0, 0.05) is 0 Å². The van der Waals surface area contributed by atoms with Crippen LogP contribution in [0.15, 0.2) is 40.8 Å². The number of hydrogen-bond donors (Lipinski definition) is 1. The summed E-state index contributed by atoms with van der Waals surface area (Å²) in [5.41, 5.74) is 1.16. The van der Waals surface area contributed by atoms with E-state index in [1.165, 1.54) is 0 Å². The van der Waals surface area contributed by atoms with Gasteiger partial charge in [-0.25, -0.2) is 0 Å². The van der Waals surface area contributed by atoms with Gasteiger partial charge in [-0.15, -0.1) is 0 Å². The highest BCUT2D eigenvalue weighted by Crippen LogP contribution is 2.15. The quantitative estimate of drug-likeness (QED) is 0.857. The average Bonchev–Trinajstić information content (AvgIpc) is 2.74. The van der Waals surface area contributed by atoms with Gasteiger partial charge >= 0.3 is 0 Å². The Bertz CT molecular complexity index is 460. The van der Waals surface area contributed by atoms with E-state index in [4.69, 9.17) is 14.3 Å². The van der Waals surface area contributed by atoms with Crippen molar-refractivity contribution in [1.82, 2.24) is 0 Å². The summed E-state index contributed by atoms with van der Waals surface area (Å²) >= 11 is 0. The molecule has 3 heteroatoms. The van der Waals surface area contributed by atoms with E-state index in [1.807, 2.05) is 31.2 Å². The lowest BCUT2D eigenvalue weighted by molar-refractivity contribution is 0.225. The van der Waals surface area contributed by atoms with Crippen molar-refractivity contribution in [2.45, 2.75) is 20.1 Å². The van der Waals surface area contributed by atoms with Crippen molar-refractivity contribution < 1.29 is 14.3 Å². The highest BCUT2D eigenvalue weighted by molar-refractivity contribution is 5.27. The molecule has 1 heterocycles. The van der Waals surface area contributed by atoms with Gasteiger partial charge in [-0.05, 0) is 36.8 Å². The summed E-state index contributed by atoms with van der Waals surface area (Å²) in [5, 5.41) is 8.84. The second-order valence-corrected chi connectivity index (χ2v) is 3.63. The number of aliphatic hydroxyl groups is 1. The number of aliphatic hydroxyl groups excluding tert-OH is 1. The predicted octanol–water partition coefficient (Wildman–Crippen LogP) is 2.66. The van der Waals surface area contributed by atoms with Gasteiger partial charge < -0.3 is 14.3 Å². The van der Waals surface area contributed by atoms with Gasteiger partial charge in [0.25, 0.3) is 0 Å². The van der Waals surface area contributed by atoms with Crippen molar-refractivity contribution in [3.63, 3.8) is 0 Å². The highest BCUT2D eigenvalue weighted by Gasteiger charge is 2.01. The highest BCUT2D eigenvalue weighted by atomic mass is 16.5. The van der Waals surface area contributed by atoms with E-state index in [9.17, 15) is 0 Å². The molecule has 0 saturated carbocycles. The normalized spacial score (nSPS) is 10.4. The predicted molar refractivity (Wildman–Crippen MR) is 60.1 cm³/mol. The zero-order valence-electron chi connectivity index (χ0n) is 9.14. The molecule has 0 radical (unpaired) electrons. The molecule has 2 rings (SSSR count). The van der Waals surface area contributed by atoms with E-state index in [-0.39, 0.29) is 6.61 Å². The van der Waals surface area contributed by atoms with Crippen LogP contribution in [0.1, 0.15) is 17.1 Å². The molecule has 0 spiro atoms. The van der Waals surface area contributed by atoms with Crippen LogP contribution in [0.4, 0.5) is 0 Å². The Morgan fingerprint density at radius 2 is 2.00 bits per heavy atom. The lowest BCUT2D eigenvalue weighted by atomic mass is 10.2. The van der Waals surface area contributed by atoms with Crippen LogP contribution in [0.2, 0.25) is 0 Å². The number of ether oxygens (including phenoxy) is 1. The lowest BCUT2D eigenvalue weighted by Gasteiger charge is -2.04. The maximum absolute atomic E-state index is 8.84. The summed E-state index contributed by atoms with van der Waals surface area (Å²) in [6, 6.07) is 11.4. The number of furan rings is 1. The van der Waals surface area contributed by atoms with Crippen LogP contribution in [0.25, 0.3) is 0 Å². The van der Waals surface area contributed by atoms with Gasteiger partial charge in [-0.2, -0.15) is 0 Å². The molecule has 0 aliphatic carbocycles. The zero-order valence-corrected chi connectivity index (χ0v) is 9.14. The first kappa shape index (κ1) is 10.8. The summed E-state index contributed by atoms with van der Waals surface area (Å²) in [7, 11) is 0. The fourth-order valence-electron chi connectivity index (χ4n) is 1.44. The molecule has 0 aliphatic rings. The third-order valence-electron chi connectivity index (χ3n) is 2.24. The third kappa shape index (κ3) is 2.64. The fourth-order valence-corrected chi connectivity index (χ4v) is 1.44. The maximum Gasteiger partial charge on any atom is 0.146 e. The van der Waals surface area contributed by atoms with Gasteiger partial charge in [-0.3, -0.25) is 0 Å². The molecule has 2 aromatic rings. The zero-order chi connectivity index (χ0) is 11.4. The number of aryl methyl sites for hydroxylation is 1. The van der Waals surface area contributed by atoms with Crippen molar-refractivity contribution in [1.29, 1.82) is 0 Å². The van der Waals surface area contributed by atoms with Gasteiger partial charge in [-0.1, -0.05) is 12.1 Å². The molecule has 0 unspecified atom stereocenters. The van der Waals surface area contributed by atoms with Crippen LogP contribution >= 0.6 is 0 Å². The minimum absolute atomic E-state index is 0.0789. The Labute approximate surface area is 94.3 Å². The Morgan fingerprint density at radius 3 is 2.69 bits per heavy atom. The van der Waals surface area contributed by atoms with Crippen LogP contribution in [0.5, 0.6) is 5.75 Å². The monoisotopic (exact) mass is 218 g/mol. The number of hydrogen-bond acceptors (Lipinski definition) is 3. The van der Waals surface area contributed by atoms with E-state index in [1.54, 1.807) is 12.1 Å². The molecule has 0 bridgehead atoms. The lowest BCUT2D eigenvalue weighted by Crippen LogP contribution is -1.93. The summed E-state index contributed by atoms with van der Waals surface area (Å²) in [6.07, 6.45) is 0. The molecule has 3 nitrogen and oxygen atoms in total. The van der Waals surface area contributed by atoms with Crippen LogP contribution in [0.3, 0.4) is 0 Å². The first-order chi connectivity index (χ1) is 7.78. The minimum Gasteiger partial charge on any atom is -0.486 e. The maximum atomic E-state index is 8.84. The molecule has 16 heavy (non-hydrogen) atoms. The second-order valence-electron chi connectivity index (χ2n) is 3.63. The number of rotatable bonds is 4. The summed E-state index contributed by atoms with van der Waals surface area (Å²) in [5.74, 6) is 2.09. The first-order valence-corrected chi connectivity index (χ1v) is 5.16. The molecule has 0 saturated heterocycles.